The van der Waals surface area contributed by atoms with Crippen molar-refractivity contribution in [3.8, 4) is 0 Å². The summed E-state index contributed by atoms with van der Waals surface area (Å²) in [4.78, 5) is 25.8. The van der Waals surface area contributed by atoms with E-state index in [0.29, 0.717) is 24.6 Å². The molecule has 44 heavy (non-hydrogen) atoms. The summed E-state index contributed by atoms with van der Waals surface area (Å²) in [5.41, 5.74) is 2.50. The molecule has 3 heterocycles. The van der Waals surface area contributed by atoms with Gasteiger partial charge in [0.1, 0.15) is 6.17 Å². The Morgan fingerprint density at radius 3 is 2.18 bits per heavy atom. The van der Waals surface area contributed by atoms with E-state index in [9.17, 15) is 18.0 Å². The predicted molar refractivity (Wildman–Crippen MR) is 165 cm³/mol. The van der Waals surface area contributed by atoms with E-state index in [4.69, 9.17) is 0 Å². The zero-order valence-electron chi connectivity index (χ0n) is 25.1. The summed E-state index contributed by atoms with van der Waals surface area (Å²) in [6.45, 7) is 3.19. The number of benzene rings is 2. The molecule has 2 aromatic carbocycles. The maximum absolute atomic E-state index is 15.9. The van der Waals surface area contributed by atoms with Gasteiger partial charge in [-0.05, 0) is 93.0 Å². The Morgan fingerprint density at radius 1 is 0.932 bits per heavy atom. The quantitative estimate of drug-likeness (QED) is 0.218. The maximum Gasteiger partial charge on any atom is 0.416 e. The molecular formula is C34H39F4N5O. The molecule has 0 bridgehead atoms. The third-order valence-electron chi connectivity index (χ3n) is 8.81. The molecule has 0 saturated carbocycles. The van der Waals surface area contributed by atoms with Crippen LogP contribution in [0, 0.1) is 0 Å². The van der Waals surface area contributed by atoms with Crippen LogP contribution in [0.25, 0.3) is 6.08 Å². The van der Waals surface area contributed by atoms with Crippen LogP contribution in [0.15, 0.2) is 79.1 Å². The van der Waals surface area contributed by atoms with Crippen molar-refractivity contribution in [2.24, 2.45) is 0 Å². The highest BCUT2D eigenvalue weighted by molar-refractivity contribution is 5.92. The lowest BCUT2D eigenvalue weighted by Crippen LogP contribution is -2.57. The van der Waals surface area contributed by atoms with Gasteiger partial charge in [0.05, 0.1) is 11.6 Å². The molecule has 0 spiro atoms. The molecule has 0 radical (unpaired) electrons. The molecule has 10 heteroatoms. The predicted octanol–water partition coefficient (Wildman–Crippen LogP) is 6.42. The van der Waals surface area contributed by atoms with Gasteiger partial charge in [0, 0.05) is 62.6 Å². The largest absolute Gasteiger partial charge is 0.416 e. The summed E-state index contributed by atoms with van der Waals surface area (Å²) in [7, 11) is 4.06. The second-order valence-corrected chi connectivity index (χ2v) is 11.8. The van der Waals surface area contributed by atoms with Crippen molar-refractivity contribution in [1.82, 2.24) is 19.7 Å². The number of hydrogen-bond donors (Lipinski definition) is 0. The topological polar surface area (TPSA) is 42.9 Å². The SMILES string of the molecule is CN1CCC(N2CC[C@H](N(Cc3ccc(N(C)c4ccncc4)cc3)C(=O)/C=C/c3ccc(C(F)(F)F)cc3)[C@@H](F)C2)CC1. The Morgan fingerprint density at radius 2 is 1.57 bits per heavy atom. The van der Waals surface area contributed by atoms with Gasteiger partial charge < -0.3 is 14.7 Å². The Labute approximate surface area is 256 Å². The van der Waals surface area contributed by atoms with Crippen molar-refractivity contribution in [2.75, 3.05) is 45.2 Å². The number of carbonyl (C=O) groups is 1. The van der Waals surface area contributed by atoms with E-state index in [1.807, 2.05) is 48.3 Å². The molecule has 2 aliphatic rings. The third kappa shape index (κ3) is 7.84. The first kappa shape index (κ1) is 31.7. The number of alkyl halides is 4. The molecule has 1 aromatic heterocycles. The van der Waals surface area contributed by atoms with Gasteiger partial charge >= 0.3 is 6.18 Å². The molecule has 3 aromatic rings. The number of likely N-dealkylation sites (tertiary alicyclic amines) is 2. The van der Waals surface area contributed by atoms with Crippen LogP contribution in [-0.2, 0) is 17.5 Å². The van der Waals surface area contributed by atoms with E-state index in [1.165, 1.54) is 24.3 Å². The fourth-order valence-electron chi connectivity index (χ4n) is 6.10. The lowest BCUT2D eigenvalue weighted by atomic mass is 9.95. The first-order valence-electron chi connectivity index (χ1n) is 15.0. The minimum Gasteiger partial charge on any atom is -0.345 e. The minimum absolute atomic E-state index is 0.217. The average Bonchev–Trinajstić information content (AvgIpc) is 3.03. The number of hydrogen-bond acceptors (Lipinski definition) is 5. The molecule has 2 fully saturated rings. The molecule has 2 atom stereocenters. The van der Waals surface area contributed by atoms with Gasteiger partial charge in [0.15, 0.2) is 0 Å². The van der Waals surface area contributed by atoms with Crippen molar-refractivity contribution in [3.05, 3.63) is 95.8 Å². The van der Waals surface area contributed by atoms with Crippen molar-refractivity contribution >= 4 is 23.4 Å². The van der Waals surface area contributed by atoms with Gasteiger partial charge in [0.25, 0.3) is 0 Å². The fraction of sp³-hybridized carbons (Fsp3) is 0.412. The van der Waals surface area contributed by atoms with Crippen LogP contribution in [0.5, 0.6) is 0 Å². The van der Waals surface area contributed by atoms with Crippen molar-refractivity contribution in [3.63, 3.8) is 0 Å². The van der Waals surface area contributed by atoms with E-state index in [2.05, 4.69) is 21.8 Å². The van der Waals surface area contributed by atoms with Crippen LogP contribution >= 0.6 is 0 Å². The highest BCUT2D eigenvalue weighted by Crippen LogP contribution is 2.30. The Bertz CT molecular complexity index is 1390. The number of rotatable bonds is 8. The third-order valence-corrected chi connectivity index (χ3v) is 8.81. The molecule has 2 aliphatic heterocycles. The number of pyridine rings is 1. The van der Waals surface area contributed by atoms with E-state index >= 15 is 4.39 Å². The van der Waals surface area contributed by atoms with Gasteiger partial charge in [-0.25, -0.2) is 4.39 Å². The van der Waals surface area contributed by atoms with Crippen molar-refractivity contribution in [1.29, 1.82) is 0 Å². The second kappa shape index (κ2) is 13.9. The van der Waals surface area contributed by atoms with Crippen molar-refractivity contribution in [2.45, 2.75) is 50.2 Å². The average molecular weight is 610 g/mol. The number of halogens is 4. The Kier molecular flexibility index (Phi) is 10.0. The van der Waals surface area contributed by atoms with Gasteiger partial charge in [-0.3, -0.25) is 14.7 Å². The molecule has 6 nitrogen and oxygen atoms in total. The normalized spacial score (nSPS) is 20.6. The molecule has 5 rings (SSSR count). The van der Waals surface area contributed by atoms with E-state index in [-0.39, 0.29) is 19.0 Å². The molecule has 0 unspecified atom stereocenters. The van der Waals surface area contributed by atoms with Crippen LogP contribution in [0.4, 0.5) is 28.9 Å². The number of aromatic nitrogens is 1. The number of carbonyl (C=O) groups excluding carboxylic acids is 1. The van der Waals surface area contributed by atoms with Crippen LogP contribution in [0.1, 0.15) is 36.0 Å². The summed E-state index contributed by atoms with van der Waals surface area (Å²) in [5, 5.41) is 0. The first-order chi connectivity index (χ1) is 21.1. The van der Waals surface area contributed by atoms with Crippen LogP contribution in [-0.4, -0.2) is 84.1 Å². The molecule has 0 aliphatic carbocycles. The molecule has 1 amide bonds. The number of nitrogens with zero attached hydrogens (tertiary/aromatic N) is 5. The summed E-state index contributed by atoms with van der Waals surface area (Å²) < 4.78 is 54.9. The first-order valence-corrected chi connectivity index (χ1v) is 15.0. The van der Waals surface area contributed by atoms with Crippen LogP contribution < -0.4 is 4.90 Å². The summed E-state index contributed by atoms with van der Waals surface area (Å²) in [6.07, 6.45) is 3.16. The molecular weight excluding hydrogens is 570 g/mol. The molecule has 2 saturated heterocycles. The number of piperidine rings is 2. The summed E-state index contributed by atoms with van der Waals surface area (Å²) >= 11 is 0. The van der Waals surface area contributed by atoms with E-state index in [0.717, 1.165) is 55.0 Å². The highest BCUT2D eigenvalue weighted by atomic mass is 19.4. The monoisotopic (exact) mass is 609 g/mol. The molecule has 234 valence electrons. The fourth-order valence-corrected chi connectivity index (χ4v) is 6.10. The van der Waals surface area contributed by atoms with Crippen LogP contribution in [0.2, 0.25) is 0 Å². The highest BCUT2D eigenvalue weighted by Gasteiger charge is 2.38. The lowest BCUT2D eigenvalue weighted by molar-refractivity contribution is -0.137. The van der Waals surface area contributed by atoms with Crippen molar-refractivity contribution < 1.29 is 22.4 Å². The van der Waals surface area contributed by atoms with Gasteiger partial charge in [0.2, 0.25) is 5.91 Å². The standard InChI is InChI=1S/C34H39F4N5O/c1-40-20-15-30(16-21-40)42-22-17-32(31(35)24-42)43(33(44)12-7-25-3-8-27(9-4-25)34(36,37)38)23-26-5-10-28(11-6-26)41(2)29-13-18-39-19-14-29/h3-14,18-19,30-32H,15-17,20-24H2,1-2H3/b12-7+/t31-,32-/m0/s1. The van der Waals surface area contributed by atoms with Gasteiger partial charge in [-0.1, -0.05) is 24.3 Å². The lowest BCUT2D eigenvalue weighted by Gasteiger charge is -2.45. The Balaban J connectivity index is 1.32. The van der Waals surface area contributed by atoms with Gasteiger partial charge in [-0.15, -0.1) is 0 Å². The zero-order chi connectivity index (χ0) is 31.3. The maximum atomic E-state index is 15.9. The van der Waals surface area contributed by atoms with Crippen LogP contribution in [0.3, 0.4) is 0 Å². The van der Waals surface area contributed by atoms with Gasteiger partial charge in [-0.2, -0.15) is 13.2 Å². The summed E-state index contributed by atoms with van der Waals surface area (Å²) in [5.74, 6) is -0.372. The van der Waals surface area contributed by atoms with E-state index < -0.39 is 24.0 Å². The number of amides is 1. The number of anilines is 2. The smallest absolute Gasteiger partial charge is 0.345 e. The second-order valence-electron chi connectivity index (χ2n) is 11.8. The Hall–Kier alpha value is -3.76. The molecule has 0 N–H and O–H groups in total. The zero-order valence-corrected chi connectivity index (χ0v) is 25.1. The summed E-state index contributed by atoms with van der Waals surface area (Å²) in [6, 6.07) is 16.0. The minimum atomic E-state index is -4.43. The van der Waals surface area contributed by atoms with E-state index in [1.54, 1.807) is 17.3 Å².